The number of H-pyrrole nitrogens is 1. The van der Waals surface area contributed by atoms with Gasteiger partial charge in [-0.3, -0.25) is 10.00 Å². The first kappa shape index (κ1) is 13.7. The number of hydrogen-bond donors (Lipinski definition) is 2. The average Bonchev–Trinajstić information content (AvgIpc) is 3.05. The fourth-order valence-corrected chi connectivity index (χ4v) is 3.43. The van der Waals surface area contributed by atoms with Gasteiger partial charge in [0.05, 0.1) is 22.5 Å². The molecule has 1 saturated heterocycles. The number of rotatable bonds is 4. The van der Waals surface area contributed by atoms with Crippen LogP contribution in [-0.4, -0.2) is 44.4 Å². The lowest BCUT2D eigenvalue weighted by Gasteiger charge is -2.13. The summed E-state index contributed by atoms with van der Waals surface area (Å²) in [5.74, 6) is 0.262. The first-order valence-corrected chi connectivity index (χ1v) is 7.80. The highest BCUT2D eigenvalue weighted by atomic mass is 32.1. The molecular weight excluding hydrogens is 272 g/mol. The number of hydrogen-bond acceptors (Lipinski definition) is 5. The van der Waals surface area contributed by atoms with Crippen molar-refractivity contribution in [1.29, 1.82) is 0 Å². The summed E-state index contributed by atoms with van der Waals surface area (Å²) < 4.78 is 0. The molecule has 0 amide bonds. The van der Waals surface area contributed by atoms with Crippen molar-refractivity contribution < 1.29 is 5.11 Å². The van der Waals surface area contributed by atoms with Gasteiger partial charge >= 0.3 is 0 Å². The first-order valence-electron chi connectivity index (χ1n) is 6.92. The van der Waals surface area contributed by atoms with Gasteiger partial charge in [-0.1, -0.05) is 0 Å². The predicted molar refractivity (Wildman–Crippen MR) is 78.7 cm³/mol. The summed E-state index contributed by atoms with van der Waals surface area (Å²) in [6.07, 6.45) is 0.560. The van der Waals surface area contributed by atoms with E-state index in [-0.39, 0.29) is 12.0 Å². The normalized spacial score (nSPS) is 23.6. The molecule has 5 nitrogen and oxygen atoms in total. The number of nitrogens with zero attached hydrogens (tertiary/aromatic N) is 3. The monoisotopic (exact) mass is 292 g/mol. The van der Waals surface area contributed by atoms with E-state index in [1.54, 1.807) is 11.3 Å². The van der Waals surface area contributed by atoms with Gasteiger partial charge in [-0.25, -0.2) is 4.98 Å². The van der Waals surface area contributed by atoms with E-state index in [4.69, 9.17) is 0 Å². The van der Waals surface area contributed by atoms with Gasteiger partial charge in [0, 0.05) is 36.6 Å². The van der Waals surface area contributed by atoms with Crippen LogP contribution in [0, 0.1) is 19.8 Å². The second-order valence-electron chi connectivity index (χ2n) is 5.63. The van der Waals surface area contributed by atoms with Gasteiger partial charge in [0.25, 0.3) is 0 Å². The predicted octanol–water partition coefficient (Wildman–Crippen LogP) is 1.52. The zero-order valence-electron chi connectivity index (χ0n) is 11.8. The third kappa shape index (κ3) is 3.08. The lowest BCUT2D eigenvalue weighted by Crippen LogP contribution is -2.21. The molecule has 0 saturated carbocycles. The summed E-state index contributed by atoms with van der Waals surface area (Å²) in [4.78, 5) is 6.77. The fraction of sp³-hybridized carbons (Fsp3) is 0.571. The topological polar surface area (TPSA) is 65.0 Å². The molecule has 2 aromatic heterocycles. The van der Waals surface area contributed by atoms with Crippen molar-refractivity contribution in [1.82, 2.24) is 20.1 Å². The van der Waals surface area contributed by atoms with E-state index in [1.807, 2.05) is 13.8 Å². The van der Waals surface area contributed by atoms with Gasteiger partial charge in [-0.05, 0) is 26.3 Å². The van der Waals surface area contributed by atoms with E-state index in [0.717, 1.165) is 48.1 Å². The van der Waals surface area contributed by atoms with Gasteiger partial charge in [-0.2, -0.15) is 5.10 Å². The number of aliphatic hydroxyl groups excluding tert-OH is 1. The minimum absolute atomic E-state index is 0.262. The number of aromatic nitrogens is 3. The summed E-state index contributed by atoms with van der Waals surface area (Å²) in [6, 6.07) is 2.05. The third-order valence-corrected chi connectivity index (χ3v) is 4.59. The van der Waals surface area contributed by atoms with Gasteiger partial charge in [0.1, 0.15) is 0 Å². The number of aliphatic hydroxyl groups is 1. The van der Waals surface area contributed by atoms with E-state index in [2.05, 4.69) is 31.5 Å². The van der Waals surface area contributed by atoms with E-state index in [1.165, 1.54) is 0 Å². The van der Waals surface area contributed by atoms with Crippen molar-refractivity contribution >= 4 is 11.3 Å². The Morgan fingerprint density at radius 1 is 1.40 bits per heavy atom. The Hall–Kier alpha value is -1.24. The maximum atomic E-state index is 10.2. The molecule has 6 heteroatoms. The third-order valence-electron chi connectivity index (χ3n) is 3.76. The zero-order chi connectivity index (χ0) is 14.1. The minimum Gasteiger partial charge on any atom is -0.391 e. The van der Waals surface area contributed by atoms with Gasteiger partial charge < -0.3 is 5.11 Å². The lowest BCUT2D eigenvalue weighted by atomic mass is 10.0. The van der Waals surface area contributed by atoms with Crippen LogP contribution in [0.4, 0.5) is 0 Å². The Kier molecular flexibility index (Phi) is 3.87. The second kappa shape index (κ2) is 5.63. The maximum absolute atomic E-state index is 10.2. The molecule has 1 aliphatic heterocycles. The summed E-state index contributed by atoms with van der Waals surface area (Å²) in [5.41, 5.74) is 3.22. The molecule has 0 aromatic carbocycles. The van der Waals surface area contributed by atoms with Gasteiger partial charge in [0.15, 0.2) is 0 Å². The van der Waals surface area contributed by atoms with Crippen LogP contribution in [0.5, 0.6) is 0 Å². The van der Waals surface area contributed by atoms with E-state index in [9.17, 15) is 5.11 Å². The molecule has 2 atom stereocenters. The minimum atomic E-state index is -0.272. The molecule has 0 aliphatic carbocycles. The van der Waals surface area contributed by atoms with Crippen molar-refractivity contribution in [3.05, 3.63) is 33.5 Å². The Morgan fingerprint density at radius 2 is 2.25 bits per heavy atom. The SMILES string of the molecule is Cc1cc(C[C@@H]2CN(Cc3csc(C)n3)C[C@@H]2O)n[nH]1. The van der Waals surface area contributed by atoms with Gasteiger partial charge in [-0.15, -0.1) is 11.3 Å². The Labute approximate surface area is 122 Å². The molecule has 3 rings (SSSR count). The largest absolute Gasteiger partial charge is 0.391 e. The van der Waals surface area contributed by atoms with Crippen molar-refractivity contribution in [2.24, 2.45) is 5.92 Å². The molecular formula is C14H20N4OS. The van der Waals surface area contributed by atoms with Crippen LogP contribution in [0.15, 0.2) is 11.4 Å². The second-order valence-corrected chi connectivity index (χ2v) is 6.69. The molecule has 20 heavy (non-hydrogen) atoms. The summed E-state index contributed by atoms with van der Waals surface area (Å²) in [6.45, 7) is 6.49. The lowest BCUT2D eigenvalue weighted by molar-refractivity contribution is 0.140. The highest BCUT2D eigenvalue weighted by molar-refractivity contribution is 7.09. The molecule has 1 aliphatic rings. The average molecular weight is 292 g/mol. The summed E-state index contributed by atoms with van der Waals surface area (Å²) in [5, 5.41) is 20.6. The van der Waals surface area contributed by atoms with Crippen LogP contribution in [-0.2, 0) is 13.0 Å². The Bertz CT molecular complexity index is 579. The molecule has 0 radical (unpaired) electrons. The molecule has 2 aromatic rings. The highest BCUT2D eigenvalue weighted by Gasteiger charge is 2.32. The fourth-order valence-electron chi connectivity index (χ4n) is 2.83. The Morgan fingerprint density at radius 3 is 2.90 bits per heavy atom. The molecule has 2 N–H and O–H groups in total. The smallest absolute Gasteiger partial charge is 0.0897 e. The van der Waals surface area contributed by atoms with Crippen LogP contribution in [0.3, 0.4) is 0 Å². The van der Waals surface area contributed by atoms with Gasteiger partial charge in [0.2, 0.25) is 0 Å². The molecule has 3 heterocycles. The van der Waals surface area contributed by atoms with Crippen LogP contribution in [0.25, 0.3) is 0 Å². The zero-order valence-corrected chi connectivity index (χ0v) is 12.7. The number of aryl methyl sites for hydroxylation is 2. The summed E-state index contributed by atoms with van der Waals surface area (Å²) >= 11 is 1.68. The quantitative estimate of drug-likeness (QED) is 0.897. The molecule has 108 valence electrons. The number of aromatic amines is 1. The van der Waals surface area contributed by atoms with E-state index >= 15 is 0 Å². The standard InChI is InChI=1S/C14H20N4OS/c1-9-3-12(17-16-9)4-11-5-18(7-14(11)19)6-13-8-20-10(2)15-13/h3,8,11,14,19H,4-7H2,1-2H3,(H,16,17)/t11-,14+/m1/s1. The number of nitrogens with one attached hydrogen (secondary N) is 1. The van der Waals surface area contributed by atoms with Crippen molar-refractivity contribution in [3.63, 3.8) is 0 Å². The number of β-amino-alcohol motifs (C(OH)–C–C–N with tert-alkyl or cyclic N) is 1. The van der Waals surface area contributed by atoms with Crippen molar-refractivity contribution in [2.75, 3.05) is 13.1 Å². The van der Waals surface area contributed by atoms with E-state index < -0.39 is 0 Å². The van der Waals surface area contributed by atoms with Crippen LogP contribution >= 0.6 is 11.3 Å². The van der Waals surface area contributed by atoms with Crippen LogP contribution in [0.1, 0.15) is 22.1 Å². The highest BCUT2D eigenvalue weighted by Crippen LogP contribution is 2.23. The van der Waals surface area contributed by atoms with Crippen LogP contribution in [0.2, 0.25) is 0 Å². The maximum Gasteiger partial charge on any atom is 0.0897 e. The van der Waals surface area contributed by atoms with Crippen molar-refractivity contribution in [3.8, 4) is 0 Å². The number of likely N-dealkylation sites (tertiary alicyclic amines) is 1. The number of thiazole rings is 1. The van der Waals surface area contributed by atoms with Crippen molar-refractivity contribution in [2.45, 2.75) is 32.9 Å². The molecule has 0 spiro atoms. The Balaban J connectivity index is 1.59. The summed E-state index contributed by atoms with van der Waals surface area (Å²) in [7, 11) is 0. The molecule has 0 bridgehead atoms. The van der Waals surface area contributed by atoms with Crippen LogP contribution < -0.4 is 0 Å². The molecule has 0 unspecified atom stereocenters. The molecule has 1 fully saturated rings. The van der Waals surface area contributed by atoms with E-state index in [0.29, 0.717) is 0 Å². The first-order chi connectivity index (χ1) is 9.60.